The molecule has 1 aliphatic heterocycles. The Bertz CT molecular complexity index is 855. The van der Waals surface area contributed by atoms with E-state index in [1.165, 1.54) is 5.56 Å². The molecule has 2 aromatic carbocycles. The van der Waals surface area contributed by atoms with Gasteiger partial charge < -0.3 is 4.90 Å². The summed E-state index contributed by atoms with van der Waals surface area (Å²) in [6, 6.07) is 20.3. The fraction of sp³-hybridized carbons (Fsp3) is 0.238. The summed E-state index contributed by atoms with van der Waals surface area (Å²) in [5, 5.41) is 7.65. The van der Waals surface area contributed by atoms with Crippen LogP contribution < -0.4 is 0 Å². The van der Waals surface area contributed by atoms with Gasteiger partial charge in [0.25, 0.3) is 0 Å². The first-order valence-corrected chi connectivity index (χ1v) is 8.74. The van der Waals surface area contributed by atoms with Crippen molar-refractivity contribution in [3.63, 3.8) is 0 Å². The highest BCUT2D eigenvalue weighted by atomic mass is 16.2. The van der Waals surface area contributed by atoms with Crippen molar-refractivity contribution < 1.29 is 4.79 Å². The number of benzene rings is 2. The predicted octanol–water partition coefficient (Wildman–Crippen LogP) is 3.59. The van der Waals surface area contributed by atoms with Crippen molar-refractivity contribution in [2.75, 3.05) is 6.54 Å². The minimum Gasteiger partial charge on any atom is -0.338 e. The molecule has 4 rings (SSSR count). The number of fused-ring (bicyclic) bond motifs is 1. The molecule has 1 amide bonds. The maximum absolute atomic E-state index is 12.6. The highest BCUT2D eigenvalue weighted by Gasteiger charge is 2.25. The average Bonchev–Trinajstić information content (AvgIpc) is 3.11. The summed E-state index contributed by atoms with van der Waals surface area (Å²) in [4.78, 5) is 14.6. The molecule has 0 saturated carbocycles. The van der Waals surface area contributed by atoms with E-state index < -0.39 is 0 Å². The van der Waals surface area contributed by atoms with Crippen LogP contribution in [0.4, 0.5) is 0 Å². The zero-order valence-electron chi connectivity index (χ0n) is 14.1. The molecule has 0 spiro atoms. The summed E-state index contributed by atoms with van der Waals surface area (Å²) >= 11 is 0. The molecule has 0 bridgehead atoms. The van der Waals surface area contributed by atoms with E-state index in [1.54, 1.807) is 0 Å². The molecule has 0 fully saturated rings. The van der Waals surface area contributed by atoms with Crippen molar-refractivity contribution in [2.24, 2.45) is 0 Å². The lowest BCUT2D eigenvalue weighted by molar-refractivity contribution is -0.132. The molecule has 2 heterocycles. The van der Waals surface area contributed by atoms with E-state index in [-0.39, 0.29) is 5.91 Å². The Balaban J connectivity index is 1.47. The van der Waals surface area contributed by atoms with E-state index in [4.69, 9.17) is 0 Å². The van der Waals surface area contributed by atoms with Gasteiger partial charge in [0.2, 0.25) is 5.91 Å². The third kappa shape index (κ3) is 3.33. The second-order valence-corrected chi connectivity index (χ2v) is 6.45. The van der Waals surface area contributed by atoms with Crippen LogP contribution in [0, 0.1) is 0 Å². The smallest absolute Gasteiger partial charge is 0.223 e. The SMILES string of the molecule is O=C(CCc1ccccc1)N1CCc2[nH]nc(-c3ccccc3)c2C1. The van der Waals surface area contributed by atoms with Gasteiger partial charge in [-0.25, -0.2) is 0 Å². The van der Waals surface area contributed by atoms with Crippen LogP contribution in [0.15, 0.2) is 60.7 Å². The first-order valence-electron chi connectivity index (χ1n) is 8.74. The van der Waals surface area contributed by atoms with Gasteiger partial charge in [-0.2, -0.15) is 5.10 Å². The minimum absolute atomic E-state index is 0.217. The number of carbonyl (C=O) groups is 1. The van der Waals surface area contributed by atoms with Gasteiger partial charge in [-0.15, -0.1) is 0 Å². The molecule has 0 aliphatic carbocycles. The zero-order valence-corrected chi connectivity index (χ0v) is 14.1. The molecule has 4 nitrogen and oxygen atoms in total. The van der Waals surface area contributed by atoms with Crippen molar-refractivity contribution in [2.45, 2.75) is 25.8 Å². The Morgan fingerprint density at radius 1 is 1.04 bits per heavy atom. The molecule has 4 heteroatoms. The second-order valence-electron chi connectivity index (χ2n) is 6.45. The quantitative estimate of drug-likeness (QED) is 0.794. The number of carbonyl (C=O) groups excluding carboxylic acids is 1. The van der Waals surface area contributed by atoms with Crippen LogP contribution >= 0.6 is 0 Å². The topological polar surface area (TPSA) is 49.0 Å². The van der Waals surface area contributed by atoms with E-state index in [9.17, 15) is 4.79 Å². The Morgan fingerprint density at radius 3 is 2.52 bits per heavy atom. The van der Waals surface area contributed by atoms with Crippen LogP contribution in [-0.4, -0.2) is 27.5 Å². The molecule has 25 heavy (non-hydrogen) atoms. The van der Waals surface area contributed by atoms with Gasteiger partial charge in [-0.05, 0) is 12.0 Å². The Hall–Kier alpha value is -2.88. The number of amides is 1. The molecule has 0 saturated heterocycles. The third-order valence-electron chi connectivity index (χ3n) is 4.80. The van der Waals surface area contributed by atoms with Gasteiger partial charge in [-0.3, -0.25) is 9.89 Å². The second kappa shape index (κ2) is 6.93. The summed E-state index contributed by atoms with van der Waals surface area (Å²) in [7, 11) is 0. The third-order valence-corrected chi connectivity index (χ3v) is 4.80. The maximum atomic E-state index is 12.6. The lowest BCUT2D eigenvalue weighted by Gasteiger charge is -2.27. The van der Waals surface area contributed by atoms with Crippen molar-refractivity contribution in [1.82, 2.24) is 15.1 Å². The van der Waals surface area contributed by atoms with Crippen LogP contribution in [0.1, 0.15) is 23.2 Å². The summed E-state index contributed by atoms with van der Waals surface area (Å²) in [6.07, 6.45) is 2.18. The van der Waals surface area contributed by atoms with Gasteiger partial charge in [0.1, 0.15) is 0 Å². The molecule has 1 N–H and O–H groups in total. The number of aryl methyl sites for hydroxylation is 1. The Morgan fingerprint density at radius 2 is 1.76 bits per heavy atom. The summed E-state index contributed by atoms with van der Waals surface area (Å²) in [5.41, 5.74) is 5.59. The Kier molecular flexibility index (Phi) is 4.34. The largest absolute Gasteiger partial charge is 0.338 e. The summed E-state index contributed by atoms with van der Waals surface area (Å²) in [5.74, 6) is 0.217. The zero-order chi connectivity index (χ0) is 17.1. The van der Waals surface area contributed by atoms with E-state index in [1.807, 2.05) is 41.3 Å². The molecule has 0 atom stereocenters. The number of hydrogen-bond acceptors (Lipinski definition) is 2. The van der Waals surface area contributed by atoms with E-state index >= 15 is 0 Å². The Labute approximate surface area is 147 Å². The van der Waals surface area contributed by atoms with Crippen molar-refractivity contribution in [3.05, 3.63) is 77.5 Å². The highest BCUT2D eigenvalue weighted by Crippen LogP contribution is 2.28. The van der Waals surface area contributed by atoms with Crippen LogP contribution in [0.5, 0.6) is 0 Å². The van der Waals surface area contributed by atoms with E-state index in [2.05, 4.69) is 34.5 Å². The fourth-order valence-corrected chi connectivity index (χ4v) is 3.40. The van der Waals surface area contributed by atoms with Gasteiger partial charge in [-0.1, -0.05) is 60.7 Å². The van der Waals surface area contributed by atoms with Crippen LogP contribution in [0.25, 0.3) is 11.3 Å². The molecule has 126 valence electrons. The van der Waals surface area contributed by atoms with E-state index in [0.29, 0.717) is 13.0 Å². The fourth-order valence-electron chi connectivity index (χ4n) is 3.40. The van der Waals surface area contributed by atoms with Crippen molar-refractivity contribution in [1.29, 1.82) is 0 Å². The summed E-state index contributed by atoms with van der Waals surface area (Å²) in [6.45, 7) is 1.40. The molecule has 0 unspecified atom stereocenters. The predicted molar refractivity (Wildman–Crippen MR) is 97.9 cm³/mol. The lowest BCUT2D eigenvalue weighted by Crippen LogP contribution is -2.36. The molecule has 0 radical (unpaired) electrons. The molecular formula is C21H21N3O. The van der Waals surface area contributed by atoms with Crippen LogP contribution in [-0.2, 0) is 24.2 Å². The molecule has 1 aliphatic rings. The monoisotopic (exact) mass is 331 g/mol. The van der Waals surface area contributed by atoms with Crippen LogP contribution in [0.3, 0.4) is 0 Å². The highest BCUT2D eigenvalue weighted by molar-refractivity contribution is 5.77. The number of H-pyrrole nitrogens is 1. The first kappa shape index (κ1) is 15.6. The molecular weight excluding hydrogens is 310 g/mol. The lowest BCUT2D eigenvalue weighted by atomic mass is 10.0. The number of aromatic nitrogens is 2. The average molecular weight is 331 g/mol. The van der Waals surface area contributed by atoms with E-state index in [0.717, 1.165) is 41.9 Å². The molecule has 1 aromatic heterocycles. The van der Waals surface area contributed by atoms with Gasteiger partial charge in [0.05, 0.1) is 5.69 Å². The normalized spacial score (nSPS) is 13.5. The van der Waals surface area contributed by atoms with Gasteiger partial charge in [0, 0.05) is 42.8 Å². The van der Waals surface area contributed by atoms with Crippen molar-refractivity contribution >= 4 is 5.91 Å². The number of aromatic amines is 1. The standard InChI is InChI=1S/C21H21N3O/c25-20(12-11-16-7-3-1-4-8-16)24-14-13-19-18(15-24)21(23-22-19)17-9-5-2-6-10-17/h1-10H,11-15H2,(H,22,23). The van der Waals surface area contributed by atoms with Gasteiger partial charge in [0.15, 0.2) is 0 Å². The number of nitrogens with zero attached hydrogens (tertiary/aromatic N) is 2. The minimum atomic E-state index is 0.217. The first-order chi connectivity index (χ1) is 12.3. The molecule has 3 aromatic rings. The van der Waals surface area contributed by atoms with Crippen molar-refractivity contribution in [3.8, 4) is 11.3 Å². The number of nitrogens with one attached hydrogen (secondary N) is 1. The number of hydrogen-bond donors (Lipinski definition) is 1. The number of rotatable bonds is 4. The summed E-state index contributed by atoms with van der Waals surface area (Å²) < 4.78 is 0. The van der Waals surface area contributed by atoms with Crippen LogP contribution in [0.2, 0.25) is 0 Å². The van der Waals surface area contributed by atoms with Gasteiger partial charge >= 0.3 is 0 Å². The maximum Gasteiger partial charge on any atom is 0.223 e.